The fraction of sp³-hybridized carbons (Fsp3) is 0.737. The molecule has 0 saturated carbocycles. The summed E-state index contributed by atoms with van der Waals surface area (Å²) in [5.74, 6) is 0.995. The van der Waals surface area contributed by atoms with Crippen LogP contribution >= 0.6 is 11.8 Å². The maximum Gasteiger partial charge on any atom is 0.329 e. The summed E-state index contributed by atoms with van der Waals surface area (Å²) in [5, 5.41) is 0.853. The fourth-order valence-corrected chi connectivity index (χ4v) is 4.09. The number of thioether (sulfide) groups is 1. The van der Waals surface area contributed by atoms with Gasteiger partial charge < -0.3 is 4.57 Å². The smallest absolute Gasteiger partial charge is 0.313 e. The highest BCUT2D eigenvalue weighted by atomic mass is 32.2. The van der Waals surface area contributed by atoms with E-state index < -0.39 is 5.69 Å². The second-order valence-corrected chi connectivity index (χ2v) is 7.92. The number of nitrogens with zero attached hydrogens (tertiary/aromatic N) is 3. The third-order valence-electron chi connectivity index (χ3n) is 4.69. The summed E-state index contributed by atoms with van der Waals surface area (Å²) in [4.78, 5) is 31.2. The summed E-state index contributed by atoms with van der Waals surface area (Å²) >= 11 is 1.70. The van der Waals surface area contributed by atoms with Crippen molar-refractivity contribution < 1.29 is 0 Å². The molecule has 0 atom stereocenters. The Morgan fingerprint density at radius 3 is 2.31 bits per heavy atom. The van der Waals surface area contributed by atoms with Crippen molar-refractivity contribution in [2.45, 2.75) is 83.3 Å². The van der Waals surface area contributed by atoms with Gasteiger partial charge in [-0.25, -0.2) is 9.78 Å². The molecular weight excluding hydrogens is 348 g/mol. The van der Waals surface area contributed by atoms with Crippen LogP contribution in [0.25, 0.3) is 11.2 Å². The molecule has 0 spiro atoms. The summed E-state index contributed by atoms with van der Waals surface area (Å²) in [6.07, 6.45) is 11.0. The first-order valence-corrected chi connectivity index (χ1v) is 10.9. The topological polar surface area (TPSA) is 72.7 Å². The van der Waals surface area contributed by atoms with E-state index in [2.05, 4.69) is 23.8 Å². The molecule has 0 saturated heterocycles. The number of aromatic amines is 1. The normalized spacial score (nSPS) is 11.5. The van der Waals surface area contributed by atoms with E-state index in [-0.39, 0.29) is 5.56 Å². The predicted molar refractivity (Wildman–Crippen MR) is 109 cm³/mol. The Bertz CT molecular complexity index is 806. The van der Waals surface area contributed by atoms with Gasteiger partial charge in [0.25, 0.3) is 5.56 Å². The van der Waals surface area contributed by atoms with Gasteiger partial charge in [-0.1, -0.05) is 70.6 Å². The molecule has 0 fully saturated rings. The first-order valence-electron chi connectivity index (χ1n) is 9.92. The van der Waals surface area contributed by atoms with Crippen LogP contribution in [0.5, 0.6) is 0 Å². The highest BCUT2D eigenvalue weighted by molar-refractivity contribution is 7.99. The number of hydrogen-bond acceptors (Lipinski definition) is 4. The molecule has 0 unspecified atom stereocenters. The van der Waals surface area contributed by atoms with Crippen molar-refractivity contribution in [2.24, 2.45) is 7.05 Å². The zero-order valence-electron chi connectivity index (χ0n) is 16.3. The highest BCUT2D eigenvalue weighted by Crippen LogP contribution is 2.23. The fourth-order valence-electron chi connectivity index (χ4n) is 3.07. The molecule has 0 aromatic carbocycles. The molecule has 1 N–H and O–H groups in total. The molecule has 146 valence electrons. The molecule has 6 nitrogen and oxygen atoms in total. The third-order valence-corrected chi connectivity index (χ3v) is 5.75. The Labute approximate surface area is 159 Å². The van der Waals surface area contributed by atoms with Crippen molar-refractivity contribution in [1.82, 2.24) is 19.1 Å². The van der Waals surface area contributed by atoms with E-state index in [4.69, 9.17) is 0 Å². The minimum atomic E-state index is -0.411. The SMILES string of the molecule is CCCCCCCCCSc1nc2c(c(=O)[nH]c(=O)n2C)n1CCCC. The molecule has 26 heavy (non-hydrogen) atoms. The quantitative estimate of drug-likeness (QED) is 0.445. The summed E-state index contributed by atoms with van der Waals surface area (Å²) in [7, 11) is 1.66. The van der Waals surface area contributed by atoms with Crippen LogP contribution in [0.4, 0.5) is 0 Å². The maximum absolute atomic E-state index is 12.3. The molecule has 2 aromatic rings. The number of nitrogens with one attached hydrogen (secondary N) is 1. The lowest BCUT2D eigenvalue weighted by Crippen LogP contribution is -2.29. The van der Waals surface area contributed by atoms with Gasteiger partial charge >= 0.3 is 5.69 Å². The molecular formula is C19H32N4O2S. The summed E-state index contributed by atoms with van der Waals surface area (Å²) in [6, 6.07) is 0. The Hall–Kier alpha value is -1.50. The van der Waals surface area contributed by atoms with Gasteiger partial charge in [-0.2, -0.15) is 0 Å². The molecule has 2 aromatic heterocycles. The van der Waals surface area contributed by atoms with Crippen LogP contribution in [0.1, 0.15) is 71.6 Å². The number of hydrogen-bond donors (Lipinski definition) is 1. The molecule has 0 aliphatic carbocycles. The number of aryl methyl sites for hydroxylation is 2. The van der Waals surface area contributed by atoms with Crippen LogP contribution in [-0.2, 0) is 13.6 Å². The predicted octanol–water partition coefficient (Wildman–Crippen LogP) is 4.07. The Kier molecular flexibility index (Phi) is 8.48. The second-order valence-electron chi connectivity index (χ2n) is 6.86. The average Bonchev–Trinajstić information content (AvgIpc) is 2.99. The van der Waals surface area contributed by atoms with E-state index in [1.54, 1.807) is 18.8 Å². The van der Waals surface area contributed by atoms with Crippen molar-refractivity contribution in [1.29, 1.82) is 0 Å². The van der Waals surface area contributed by atoms with Crippen molar-refractivity contribution >= 4 is 22.9 Å². The number of fused-ring (bicyclic) bond motifs is 1. The monoisotopic (exact) mass is 380 g/mol. The van der Waals surface area contributed by atoms with E-state index in [1.807, 2.05) is 4.57 Å². The number of H-pyrrole nitrogens is 1. The minimum absolute atomic E-state index is 0.338. The Morgan fingerprint density at radius 2 is 1.62 bits per heavy atom. The molecule has 2 rings (SSSR count). The standard InChI is InChI=1S/C19H32N4O2S/c1-4-6-8-9-10-11-12-14-26-19-20-16-15(23(19)13-7-5-2)17(24)21-18(25)22(16)3/h4-14H2,1-3H3,(H,21,24,25). The van der Waals surface area contributed by atoms with Gasteiger partial charge in [-0.05, 0) is 12.8 Å². The Balaban J connectivity index is 2.06. The van der Waals surface area contributed by atoms with Gasteiger partial charge in [0.05, 0.1) is 0 Å². The van der Waals surface area contributed by atoms with Crippen LogP contribution in [0.3, 0.4) is 0 Å². The van der Waals surface area contributed by atoms with E-state index >= 15 is 0 Å². The number of unbranched alkanes of at least 4 members (excludes halogenated alkanes) is 7. The summed E-state index contributed by atoms with van der Waals surface area (Å²) < 4.78 is 3.42. The average molecular weight is 381 g/mol. The van der Waals surface area contributed by atoms with E-state index in [1.165, 1.54) is 43.1 Å². The maximum atomic E-state index is 12.3. The highest BCUT2D eigenvalue weighted by Gasteiger charge is 2.17. The minimum Gasteiger partial charge on any atom is -0.313 e. The second kappa shape index (κ2) is 10.6. The first kappa shape index (κ1) is 20.8. The molecule has 0 aliphatic heterocycles. The summed E-state index contributed by atoms with van der Waals surface area (Å²) in [5.41, 5.74) is 0.250. The lowest BCUT2D eigenvalue weighted by molar-refractivity contribution is 0.596. The van der Waals surface area contributed by atoms with E-state index in [0.717, 1.165) is 36.7 Å². The van der Waals surface area contributed by atoms with Crippen molar-refractivity contribution in [3.05, 3.63) is 20.8 Å². The Morgan fingerprint density at radius 1 is 0.962 bits per heavy atom. The molecule has 2 heterocycles. The number of aromatic nitrogens is 4. The van der Waals surface area contributed by atoms with Crippen molar-refractivity contribution in [2.75, 3.05) is 5.75 Å². The largest absolute Gasteiger partial charge is 0.329 e. The van der Waals surface area contributed by atoms with Crippen molar-refractivity contribution in [3.8, 4) is 0 Å². The van der Waals surface area contributed by atoms with Crippen LogP contribution in [0, 0.1) is 0 Å². The molecule has 0 bridgehead atoms. The zero-order valence-corrected chi connectivity index (χ0v) is 17.2. The first-order chi connectivity index (χ1) is 12.6. The van der Waals surface area contributed by atoms with E-state index in [9.17, 15) is 9.59 Å². The van der Waals surface area contributed by atoms with Gasteiger partial charge in [0.15, 0.2) is 16.3 Å². The lowest BCUT2D eigenvalue weighted by Gasteiger charge is -2.07. The number of imidazole rings is 1. The van der Waals surface area contributed by atoms with Crippen LogP contribution in [0.15, 0.2) is 14.7 Å². The van der Waals surface area contributed by atoms with Crippen LogP contribution in [0.2, 0.25) is 0 Å². The van der Waals surface area contributed by atoms with E-state index in [0.29, 0.717) is 11.2 Å². The van der Waals surface area contributed by atoms with Gasteiger partial charge in [-0.3, -0.25) is 14.3 Å². The number of rotatable bonds is 12. The molecule has 0 aliphatic rings. The zero-order chi connectivity index (χ0) is 18.9. The van der Waals surface area contributed by atoms with Gasteiger partial charge in [0.1, 0.15) is 0 Å². The molecule has 0 radical (unpaired) electrons. The van der Waals surface area contributed by atoms with Gasteiger partial charge in [0.2, 0.25) is 0 Å². The van der Waals surface area contributed by atoms with Crippen LogP contribution in [-0.4, -0.2) is 24.9 Å². The summed E-state index contributed by atoms with van der Waals surface area (Å²) in [6.45, 7) is 5.13. The molecule has 7 heteroatoms. The van der Waals surface area contributed by atoms with Crippen LogP contribution < -0.4 is 11.2 Å². The lowest BCUT2D eigenvalue weighted by atomic mass is 10.1. The van der Waals surface area contributed by atoms with Gasteiger partial charge in [0, 0.05) is 19.3 Å². The third kappa shape index (κ3) is 5.25. The van der Waals surface area contributed by atoms with Crippen molar-refractivity contribution in [3.63, 3.8) is 0 Å². The van der Waals surface area contributed by atoms with Gasteiger partial charge in [-0.15, -0.1) is 0 Å². The molecule has 0 amide bonds.